The number of ether oxygens (including phenoxy) is 1. The molecule has 3 atom stereocenters. The molecule has 210 valence electrons. The summed E-state index contributed by atoms with van der Waals surface area (Å²) in [6.07, 6.45) is 6.24. The number of benzene rings is 2. The van der Waals surface area contributed by atoms with Crippen molar-refractivity contribution < 1.29 is 19.1 Å². The third-order valence-electron chi connectivity index (χ3n) is 6.72. The number of hydrazine groups is 1. The molecule has 0 radical (unpaired) electrons. The Morgan fingerprint density at radius 3 is 2.59 bits per heavy atom. The number of carbonyl (C=O) groups is 3. The molecule has 0 saturated carbocycles. The molecule has 3 N–H and O–H groups in total. The fourth-order valence-corrected chi connectivity index (χ4v) is 4.75. The first-order chi connectivity index (χ1) is 18.5. The number of esters is 1. The highest BCUT2D eigenvalue weighted by Crippen LogP contribution is 2.29. The van der Waals surface area contributed by atoms with Crippen LogP contribution in [0.1, 0.15) is 50.3 Å². The fourth-order valence-electron chi connectivity index (χ4n) is 4.53. The van der Waals surface area contributed by atoms with E-state index in [1.165, 1.54) is 11.9 Å². The van der Waals surface area contributed by atoms with E-state index in [0.717, 1.165) is 29.5 Å². The summed E-state index contributed by atoms with van der Waals surface area (Å²) in [5, 5.41) is 1.98. The number of amides is 3. The molecule has 1 saturated heterocycles. The van der Waals surface area contributed by atoms with Gasteiger partial charge in [0.1, 0.15) is 6.61 Å². The summed E-state index contributed by atoms with van der Waals surface area (Å²) in [6.45, 7) is 7.93. The van der Waals surface area contributed by atoms with E-state index in [9.17, 15) is 14.4 Å². The molecule has 1 aliphatic rings. The van der Waals surface area contributed by atoms with Gasteiger partial charge < -0.3 is 15.4 Å². The fraction of sp³-hybridized carbons (Fsp3) is 0.433. The molecule has 3 rings (SSSR count). The molecule has 0 spiro atoms. The van der Waals surface area contributed by atoms with Gasteiger partial charge in [-0.15, -0.1) is 0 Å². The first kappa shape index (κ1) is 30.2. The van der Waals surface area contributed by atoms with Gasteiger partial charge in [-0.05, 0) is 56.4 Å². The van der Waals surface area contributed by atoms with Crippen LogP contribution < -0.4 is 11.2 Å². The molecular weight excluding hydrogens is 516 g/mol. The Hall–Kier alpha value is -3.36. The summed E-state index contributed by atoms with van der Waals surface area (Å²) in [6, 6.07) is 14.2. The lowest BCUT2D eigenvalue weighted by atomic mass is 9.83. The molecule has 0 aliphatic carbocycles. The number of hydrogen-bond acceptors (Lipinski definition) is 5. The monoisotopic (exact) mass is 554 g/mol. The number of nitrogens with one attached hydrogen (secondary N) is 1. The van der Waals surface area contributed by atoms with E-state index in [4.69, 9.17) is 22.1 Å². The normalized spacial score (nSPS) is 17.5. The minimum atomic E-state index is -0.763. The molecule has 2 aromatic rings. The standard InChI is InChI=1S/C30H39ClN4O4/c1-21-10-12-24(13-11-21)19-35(33-28(37)22(2)32)29(38)34-16-6-9-27(34)14-15-30(4,20-39-23(3)36)18-25-7-5-8-26(31)17-25/h5,7-8,10-15,17,22,27H,6,9,16,18-20,32H2,1-4H3,(H,33,37)/b15-14+/t22-,27?,30-/m0/s1. The van der Waals surface area contributed by atoms with Gasteiger partial charge >= 0.3 is 12.0 Å². The van der Waals surface area contributed by atoms with Crippen LogP contribution in [0.25, 0.3) is 0 Å². The highest BCUT2D eigenvalue weighted by atomic mass is 35.5. The number of hydrogen-bond donors (Lipinski definition) is 2. The Bertz CT molecular complexity index is 1180. The minimum absolute atomic E-state index is 0.179. The summed E-state index contributed by atoms with van der Waals surface area (Å²) < 4.78 is 5.41. The largest absolute Gasteiger partial charge is 0.465 e. The summed E-state index contributed by atoms with van der Waals surface area (Å²) in [4.78, 5) is 39.6. The van der Waals surface area contributed by atoms with E-state index < -0.39 is 17.4 Å². The molecule has 3 amide bonds. The van der Waals surface area contributed by atoms with Crippen LogP contribution >= 0.6 is 11.6 Å². The van der Waals surface area contributed by atoms with E-state index in [2.05, 4.69) is 5.43 Å². The Morgan fingerprint density at radius 2 is 1.95 bits per heavy atom. The van der Waals surface area contributed by atoms with Crippen LogP contribution in [0.5, 0.6) is 0 Å². The Morgan fingerprint density at radius 1 is 1.23 bits per heavy atom. The second-order valence-electron chi connectivity index (χ2n) is 10.6. The van der Waals surface area contributed by atoms with E-state index in [0.29, 0.717) is 18.0 Å². The zero-order valence-electron chi connectivity index (χ0n) is 23.2. The Balaban J connectivity index is 1.81. The third-order valence-corrected chi connectivity index (χ3v) is 6.95. The van der Waals surface area contributed by atoms with Crippen molar-refractivity contribution >= 4 is 29.5 Å². The molecule has 8 nitrogen and oxygen atoms in total. The molecule has 1 aliphatic heterocycles. The summed E-state index contributed by atoms with van der Waals surface area (Å²) in [7, 11) is 0. The van der Waals surface area contributed by atoms with E-state index in [1.807, 2.05) is 74.5 Å². The van der Waals surface area contributed by atoms with Crippen LogP contribution in [0.3, 0.4) is 0 Å². The summed E-state index contributed by atoms with van der Waals surface area (Å²) >= 11 is 6.20. The predicted octanol–water partition coefficient (Wildman–Crippen LogP) is 4.78. The van der Waals surface area contributed by atoms with Gasteiger partial charge in [0.25, 0.3) is 5.91 Å². The topological polar surface area (TPSA) is 105 Å². The molecular formula is C30H39ClN4O4. The minimum Gasteiger partial charge on any atom is -0.465 e. The highest BCUT2D eigenvalue weighted by molar-refractivity contribution is 6.30. The lowest BCUT2D eigenvalue weighted by Crippen LogP contribution is -2.55. The van der Waals surface area contributed by atoms with Crippen molar-refractivity contribution in [2.45, 2.75) is 65.6 Å². The number of nitrogens with two attached hydrogens (primary N) is 1. The van der Waals surface area contributed by atoms with Gasteiger partial charge in [-0.3, -0.25) is 15.0 Å². The average Bonchev–Trinajstić information content (AvgIpc) is 3.35. The summed E-state index contributed by atoms with van der Waals surface area (Å²) in [5.41, 5.74) is 11.0. The van der Waals surface area contributed by atoms with Gasteiger partial charge in [-0.25, -0.2) is 9.80 Å². The van der Waals surface area contributed by atoms with Crippen molar-refractivity contribution in [2.24, 2.45) is 11.1 Å². The molecule has 9 heteroatoms. The van der Waals surface area contributed by atoms with Crippen LogP contribution in [0.15, 0.2) is 60.7 Å². The van der Waals surface area contributed by atoms with Crippen LogP contribution in [0.4, 0.5) is 4.79 Å². The van der Waals surface area contributed by atoms with Crippen molar-refractivity contribution in [3.63, 3.8) is 0 Å². The van der Waals surface area contributed by atoms with Gasteiger partial charge in [0.05, 0.1) is 18.6 Å². The predicted molar refractivity (Wildman–Crippen MR) is 153 cm³/mol. The maximum Gasteiger partial charge on any atom is 0.339 e. The molecule has 39 heavy (non-hydrogen) atoms. The number of aryl methyl sites for hydroxylation is 1. The summed E-state index contributed by atoms with van der Waals surface area (Å²) in [5.74, 6) is -0.785. The van der Waals surface area contributed by atoms with Gasteiger partial charge in [0, 0.05) is 23.9 Å². The first-order valence-corrected chi connectivity index (χ1v) is 13.6. The molecule has 1 unspecified atom stereocenters. The van der Waals surface area contributed by atoms with E-state index in [1.54, 1.807) is 11.8 Å². The van der Waals surface area contributed by atoms with Gasteiger partial charge in [-0.2, -0.15) is 0 Å². The number of carbonyl (C=O) groups excluding carboxylic acids is 3. The zero-order valence-corrected chi connectivity index (χ0v) is 23.9. The Labute approximate surface area is 236 Å². The van der Waals surface area contributed by atoms with Crippen molar-refractivity contribution in [3.05, 3.63) is 82.4 Å². The van der Waals surface area contributed by atoms with Crippen LogP contribution in [-0.4, -0.2) is 53.1 Å². The van der Waals surface area contributed by atoms with Crippen molar-refractivity contribution in [1.29, 1.82) is 0 Å². The van der Waals surface area contributed by atoms with Crippen LogP contribution in [0, 0.1) is 12.3 Å². The highest BCUT2D eigenvalue weighted by Gasteiger charge is 2.33. The van der Waals surface area contributed by atoms with Crippen molar-refractivity contribution in [3.8, 4) is 0 Å². The first-order valence-electron chi connectivity index (χ1n) is 13.2. The smallest absolute Gasteiger partial charge is 0.339 e. The molecule has 2 aromatic carbocycles. The SMILES string of the molecule is CC(=O)OC[C@@](C)(/C=C/C1CCCN1C(=O)N(Cc1ccc(C)cc1)NC(=O)[C@H](C)N)Cc1cccc(Cl)c1. The Kier molecular flexibility index (Phi) is 10.5. The van der Waals surface area contributed by atoms with Gasteiger partial charge in [-0.1, -0.05) is 72.6 Å². The van der Waals surface area contributed by atoms with Crippen LogP contribution in [-0.2, 0) is 27.3 Å². The maximum atomic E-state index is 13.7. The molecule has 0 aromatic heterocycles. The second-order valence-corrected chi connectivity index (χ2v) is 11.1. The lowest BCUT2D eigenvalue weighted by Gasteiger charge is -2.32. The van der Waals surface area contributed by atoms with Crippen molar-refractivity contribution in [2.75, 3.05) is 13.2 Å². The number of nitrogens with zero attached hydrogens (tertiary/aromatic N) is 2. The maximum absolute atomic E-state index is 13.7. The third kappa shape index (κ3) is 9.11. The molecule has 0 bridgehead atoms. The lowest BCUT2D eigenvalue weighted by molar-refractivity contribution is -0.143. The number of urea groups is 1. The van der Waals surface area contributed by atoms with Crippen molar-refractivity contribution in [1.82, 2.24) is 15.3 Å². The zero-order chi connectivity index (χ0) is 28.6. The number of halogens is 1. The van der Waals surface area contributed by atoms with Gasteiger partial charge in [0.2, 0.25) is 0 Å². The average molecular weight is 555 g/mol. The van der Waals surface area contributed by atoms with E-state index >= 15 is 0 Å². The second kappa shape index (κ2) is 13.6. The molecule has 1 fully saturated rings. The quantitative estimate of drug-likeness (QED) is 0.264. The van der Waals surface area contributed by atoms with Crippen LogP contribution in [0.2, 0.25) is 5.02 Å². The van der Waals surface area contributed by atoms with E-state index in [-0.39, 0.29) is 31.2 Å². The number of likely N-dealkylation sites (tertiary alicyclic amines) is 1. The number of rotatable bonds is 9. The van der Waals surface area contributed by atoms with Gasteiger partial charge in [0.15, 0.2) is 0 Å². The molecule has 1 heterocycles.